The Hall–Kier alpha value is -1.38. The van der Waals surface area contributed by atoms with Gasteiger partial charge in [0.15, 0.2) is 15.2 Å². The van der Waals surface area contributed by atoms with Gasteiger partial charge in [0.25, 0.3) is 0 Å². The van der Waals surface area contributed by atoms with Crippen molar-refractivity contribution in [3.63, 3.8) is 0 Å². The molecule has 1 aliphatic heterocycles. The normalized spacial score (nSPS) is 19.3. The number of esters is 1. The zero-order valence-electron chi connectivity index (χ0n) is 10.1. The van der Waals surface area contributed by atoms with E-state index in [4.69, 9.17) is 22.1 Å². The molecule has 104 valence electrons. The summed E-state index contributed by atoms with van der Waals surface area (Å²) in [6.07, 6.45) is 0. The summed E-state index contributed by atoms with van der Waals surface area (Å²) in [6.45, 7) is 1.10. The van der Waals surface area contributed by atoms with Crippen LogP contribution in [0.5, 0.6) is 0 Å². The SMILES string of the molecule is COC(=O)c1sc(N2CCOCC2C(N)=O)nc1Cl. The third kappa shape index (κ3) is 2.80. The monoisotopic (exact) mass is 305 g/mol. The molecule has 2 N–H and O–H groups in total. The zero-order valence-corrected chi connectivity index (χ0v) is 11.7. The van der Waals surface area contributed by atoms with Crippen molar-refractivity contribution in [2.75, 3.05) is 31.8 Å². The lowest BCUT2D eigenvalue weighted by atomic mass is 10.2. The van der Waals surface area contributed by atoms with Crippen LogP contribution in [0.15, 0.2) is 0 Å². The van der Waals surface area contributed by atoms with Gasteiger partial charge in [0.1, 0.15) is 6.04 Å². The van der Waals surface area contributed by atoms with Crippen LogP contribution >= 0.6 is 22.9 Å². The highest BCUT2D eigenvalue weighted by Gasteiger charge is 2.31. The van der Waals surface area contributed by atoms with Crippen molar-refractivity contribution < 1.29 is 19.1 Å². The van der Waals surface area contributed by atoms with Crippen LogP contribution in [0.1, 0.15) is 9.67 Å². The van der Waals surface area contributed by atoms with E-state index in [1.165, 1.54) is 7.11 Å². The van der Waals surface area contributed by atoms with Crippen molar-refractivity contribution in [3.05, 3.63) is 10.0 Å². The summed E-state index contributed by atoms with van der Waals surface area (Å²) in [7, 11) is 1.26. The molecular weight excluding hydrogens is 294 g/mol. The molecule has 1 amide bonds. The number of aromatic nitrogens is 1. The van der Waals surface area contributed by atoms with Crippen molar-refractivity contribution in [1.29, 1.82) is 0 Å². The average Bonchev–Trinajstić information content (AvgIpc) is 2.79. The number of methoxy groups -OCH3 is 1. The third-order valence-electron chi connectivity index (χ3n) is 2.65. The number of nitrogens with two attached hydrogens (primary N) is 1. The number of hydrogen-bond acceptors (Lipinski definition) is 7. The fraction of sp³-hybridized carbons (Fsp3) is 0.500. The number of amides is 1. The lowest BCUT2D eigenvalue weighted by Crippen LogP contribution is -2.52. The fourth-order valence-corrected chi connectivity index (χ4v) is 2.98. The number of nitrogens with zero attached hydrogens (tertiary/aromatic N) is 2. The molecule has 0 aliphatic carbocycles. The Balaban J connectivity index is 2.29. The number of rotatable bonds is 3. The van der Waals surface area contributed by atoms with Crippen molar-refractivity contribution >= 4 is 39.9 Å². The Bertz CT molecular complexity index is 507. The van der Waals surface area contributed by atoms with Gasteiger partial charge in [-0.05, 0) is 0 Å². The summed E-state index contributed by atoms with van der Waals surface area (Å²) in [5.74, 6) is -1.07. The first kappa shape index (κ1) is 14.0. The van der Waals surface area contributed by atoms with E-state index in [2.05, 4.69) is 9.72 Å². The molecule has 1 atom stereocenters. The van der Waals surface area contributed by atoms with Crippen LogP contribution < -0.4 is 10.6 Å². The maximum Gasteiger partial charge on any atom is 0.351 e. The van der Waals surface area contributed by atoms with Crippen molar-refractivity contribution in [1.82, 2.24) is 4.98 Å². The lowest BCUT2D eigenvalue weighted by molar-refractivity contribution is -0.121. The molecule has 1 saturated heterocycles. The summed E-state index contributed by atoms with van der Waals surface area (Å²) < 4.78 is 9.81. The number of carbonyl (C=O) groups is 2. The number of anilines is 1. The summed E-state index contributed by atoms with van der Waals surface area (Å²) in [5.41, 5.74) is 5.32. The van der Waals surface area contributed by atoms with E-state index in [-0.39, 0.29) is 16.6 Å². The molecule has 0 bridgehead atoms. The molecular formula is C10H12ClN3O4S. The fourth-order valence-electron chi connectivity index (χ4n) is 1.70. The van der Waals surface area contributed by atoms with Crippen LogP contribution in [0, 0.1) is 0 Å². The molecule has 0 radical (unpaired) electrons. The molecule has 1 fully saturated rings. The highest BCUT2D eigenvalue weighted by Crippen LogP contribution is 2.31. The van der Waals surface area contributed by atoms with E-state index in [0.717, 1.165) is 11.3 Å². The van der Waals surface area contributed by atoms with Crippen molar-refractivity contribution in [2.24, 2.45) is 5.73 Å². The number of primary amides is 1. The van der Waals surface area contributed by atoms with Gasteiger partial charge in [0.2, 0.25) is 5.91 Å². The van der Waals surface area contributed by atoms with Gasteiger partial charge in [-0.2, -0.15) is 0 Å². The second-order valence-corrected chi connectivity index (χ2v) is 5.13. The Morgan fingerprint density at radius 2 is 2.37 bits per heavy atom. The highest BCUT2D eigenvalue weighted by atomic mass is 35.5. The average molecular weight is 306 g/mol. The molecule has 1 aliphatic rings. The van der Waals surface area contributed by atoms with Gasteiger partial charge in [-0.25, -0.2) is 9.78 Å². The van der Waals surface area contributed by atoms with E-state index in [9.17, 15) is 9.59 Å². The number of halogens is 1. The molecule has 1 unspecified atom stereocenters. The second-order valence-electron chi connectivity index (χ2n) is 3.79. The number of ether oxygens (including phenoxy) is 2. The smallest absolute Gasteiger partial charge is 0.351 e. The van der Waals surface area contributed by atoms with Crippen molar-refractivity contribution in [2.45, 2.75) is 6.04 Å². The number of morpholine rings is 1. The summed E-state index contributed by atoms with van der Waals surface area (Å²) in [6, 6.07) is -0.610. The van der Waals surface area contributed by atoms with Gasteiger partial charge in [0.05, 0.1) is 20.3 Å². The second kappa shape index (κ2) is 5.72. The molecule has 1 aromatic heterocycles. The predicted molar refractivity (Wildman–Crippen MR) is 69.6 cm³/mol. The maximum absolute atomic E-state index is 11.5. The Kier molecular flexibility index (Phi) is 4.23. The summed E-state index contributed by atoms with van der Waals surface area (Å²) in [4.78, 5) is 28.8. The minimum Gasteiger partial charge on any atom is -0.465 e. The van der Waals surface area contributed by atoms with E-state index in [1.54, 1.807) is 4.90 Å². The largest absolute Gasteiger partial charge is 0.465 e. The first-order valence-electron chi connectivity index (χ1n) is 5.43. The van der Waals surface area contributed by atoms with Crippen LogP contribution in [-0.2, 0) is 14.3 Å². The molecule has 2 rings (SSSR count). The van der Waals surface area contributed by atoms with Gasteiger partial charge >= 0.3 is 5.97 Å². The van der Waals surface area contributed by atoms with Gasteiger partial charge in [0, 0.05) is 6.54 Å². The molecule has 7 nitrogen and oxygen atoms in total. The summed E-state index contributed by atoms with van der Waals surface area (Å²) in [5, 5.41) is 0.513. The van der Waals surface area contributed by atoms with Crippen LogP contribution in [0.25, 0.3) is 0 Å². The van der Waals surface area contributed by atoms with Gasteiger partial charge in [-0.3, -0.25) is 4.79 Å². The molecule has 0 saturated carbocycles. The first-order valence-corrected chi connectivity index (χ1v) is 6.62. The van der Waals surface area contributed by atoms with Crippen LogP contribution in [0.3, 0.4) is 0 Å². The number of thiazole rings is 1. The van der Waals surface area contributed by atoms with Crippen LogP contribution in [0.4, 0.5) is 5.13 Å². The predicted octanol–water partition coefficient (Wildman–Crippen LogP) is 0.274. The third-order valence-corrected chi connectivity index (χ3v) is 4.11. The topological polar surface area (TPSA) is 94.7 Å². The van der Waals surface area contributed by atoms with Gasteiger partial charge in [-0.15, -0.1) is 0 Å². The summed E-state index contributed by atoms with van der Waals surface area (Å²) >= 11 is 6.95. The Morgan fingerprint density at radius 3 is 3.00 bits per heavy atom. The lowest BCUT2D eigenvalue weighted by Gasteiger charge is -2.33. The van der Waals surface area contributed by atoms with Crippen LogP contribution in [-0.4, -0.2) is 49.8 Å². The molecule has 0 aromatic carbocycles. The molecule has 9 heteroatoms. The minimum absolute atomic E-state index is 0.0570. The highest BCUT2D eigenvalue weighted by molar-refractivity contribution is 7.18. The zero-order chi connectivity index (χ0) is 14.0. The van der Waals surface area contributed by atoms with E-state index in [0.29, 0.717) is 18.3 Å². The molecule has 19 heavy (non-hydrogen) atoms. The Morgan fingerprint density at radius 1 is 1.63 bits per heavy atom. The van der Waals surface area contributed by atoms with E-state index >= 15 is 0 Å². The minimum atomic E-state index is -0.610. The molecule has 0 spiro atoms. The maximum atomic E-state index is 11.5. The first-order chi connectivity index (χ1) is 9.04. The van der Waals surface area contributed by atoms with Gasteiger partial charge in [-0.1, -0.05) is 22.9 Å². The van der Waals surface area contributed by atoms with E-state index in [1.807, 2.05) is 0 Å². The van der Waals surface area contributed by atoms with Gasteiger partial charge < -0.3 is 20.1 Å². The van der Waals surface area contributed by atoms with Crippen molar-refractivity contribution in [3.8, 4) is 0 Å². The Labute approximate surface area is 118 Å². The molecule has 2 heterocycles. The number of carbonyl (C=O) groups excluding carboxylic acids is 2. The van der Waals surface area contributed by atoms with Crippen LogP contribution in [0.2, 0.25) is 5.15 Å². The quantitative estimate of drug-likeness (QED) is 0.806. The van der Waals surface area contributed by atoms with E-state index < -0.39 is 17.9 Å². The molecule has 1 aromatic rings. The standard InChI is InChI=1S/C10H12ClN3O4S/c1-17-9(16)6-7(11)13-10(19-6)14-2-3-18-4-5(14)8(12)15/h5H,2-4H2,1H3,(H2,12,15). The number of hydrogen-bond donors (Lipinski definition) is 1.